The molecule has 0 radical (unpaired) electrons. The number of halogens is 3. The Kier molecular flexibility index (Phi) is 5.66. The number of hydrogen-bond donors (Lipinski definition) is 1. The molecule has 1 aliphatic rings. The highest BCUT2D eigenvalue weighted by atomic mass is 19.4. The van der Waals surface area contributed by atoms with Crippen molar-refractivity contribution in [1.29, 1.82) is 0 Å². The monoisotopic (exact) mass is 453 g/mol. The topological polar surface area (TPSA) is 60.2 Å². The molecule has 2 heterocycles. The van der Waals surface area contributed by atoms with Crippen molar-refractivity contribution in [3.8, 4) is 28.2 Å². The molecule has 33 heavy (non-hydrogen) atoms. The Balaban J connectivity index is 1.64. The summed E-state index contributed by atoms with van der Waals surface area (Å²) in [5, 5.41) is 4.27. The van der Waals surface area contributed by atoms with Crippen LogP contribution in [0.1, 0.15) is 32.1 Å². The quantitative estimate of drug-likeness (QED) is 0.346. The second-order valence-electron chi connectivity index (χ2n) is 8.13. The Morgan fingerprint density at radius 3 is 2.30 bits per heavy atom. The van der Waals surface area contributed by atoms with Crippen molar-refractivity contribution >= 4 is 16.9 Å². The van der Waals surface area contributed by atoms with Gasteiger partial charge in [0.2, 0.25) is 5.71 Å². The second-order valence-corrected chi connectivity index (χ2v) is 8.13. The summed E-state index contributed by atoms with van der Waals surface area (Å²) in [6.07, 6.45) is 2.42. The van der Waals surface area contributed by atoms with Crippen LogP contribution in [0.25, 0.3) is 33.6 Å². The number of benzene rings is 2. The van der Waals surface area contributed by atoms with Crippen molar-refractivity contribution in [2.45, 2.75) is 44.5 Å². The molecule has 2 aromatic heterocycles. The van der Waals surface area contributed by atoms with Gasteiger partial charge in [0.25, 0.3) is 0 Å². The summed E-state index contributed by atoms with van der Waals surface area (Å²) in [7, 11) is 0. The maximum absolute atomic E-state index is 12.6. The van der Waals surface area contributed by atoms with Gasteiger partial charge in [0, 0.05) is 17.2 Å². The number of fused-ring (bicyclic) bond motifs is 1. The van der Waals surface area contributed by atoms with Gasteiger partial charge >= 0.3 is 6.36 Å². The number of ether oxygens (including phenoxy) is 1. The normalized spacial score (nSPS) is 15.0. The second kappa shape index (κ2) is 8.77. The zero-order valence-corrected chi connectivity index (χ0v) is 17.7. The third-order valence-corrected chi connectivity index (χ3v) is 5.85. The van der Waals surface area contributed by atoms with Gasteiger partial charge in [0.1, 0.15) is 23.7 Å². The van der Waals surface area contributed by atoms with Crippen LogP contribution >= 0.6 is 0 Å². The molecule has 0 spiro atoms. The van der Waals surface area contributed by atoms with E-state index < -0.39 is 6.36 Å². The number of anilines is 1. The lowest BCUT2D eigenvalue weighted by molar-refractivity contribution is -0.274. The first-order valence-electron chi connectivity index (χ1n) is 10.9. The number of rotatable bonds is 5. The van der Waals surface area contributed by atoms with Gasteiger partial charge in [-0.2, -0.15) is 0 Å². The summed E-state index contributed by atoms with van der Waals surface area (Å²) < 4.78 is 48.1. The van der Waals surface area contributed by atoms with Crippen LogP contribution in [0.5, 0.6) is 5.75 Å². The summed E-state index contributed by atoms with van der Waals surface area (Å²) in [4.78, 5) is 8.85. The highest BCUT2D eigenvalue weighted by molar-refractivity contribution is 6.05. The molecule has 1 fully saturated rings. The Morgan fingerprint density at radius 2 is 1.61 bits per heavy atom. The molecule has 0 unspecified atom stereocenters. The highest BCUT2D eigenvalue weighted by Crippen LogP contribution is 2.43. The average Bonchev–Trinajstić information content (AvgIpc) is 3.21. The molecule has 5 rings (SSSR count). The minimum absolute atomic E-state index is 0.280. The summed E-state index contributed by atoms with van der Waals surface area (Å²) in [6, 6.07) is 15.6. The van der Waals surface area contributed by atoms with E-state index >= 15 is 0 Å². The van der Waals surface area contributed by atoms with E-state index in [-0.39, 0.29) is 5.75 Å². The van der Waals surface area contributed by atoms with E-state index in [2.05, 4.69) is 20.0 Å². The Bertz CT molecular complexity index is 1230. The maximum atomic E-state index is 12.6. The zero-order valence-electron chi connectivity index (χ0n) is 17.7. The van der Waals surface area contributed by atoms with E-state index in [9.17, 15) is 13.2 Å². The van der Waals surface area contributed by atoms with Crippen LogP contribution in [0.4, 0.5) is 19.0 Å². The van der Waals surface area contributed by atoms with Crippen molar-refractivity contribution in [3.63, 3.8) is 0 Å². The lowest BCUT2D eigenvalue weighted by atomic mass is 9.95. The van der Waals surface area contributed by atoms with Gasteiger partial charge in [-0.3, -0.25) is 0 Å². The van der Waals surface area contributed by atoms with E-state index in [0.717, 1.165) is 24.0 Å². The van der Waals surface area contributed by atoms with Crippen molar-refractivity contribution < 1.29 is 22.3 Å². The molecule has 0 amide bonds. The van der Waals surface area contributed by atoms with Crippen molar-refractivity contribution in [2.75, 3.05) is 5.32 Å². The third-order valence-electron chi connectivity index (χ3n) is 5.85. The Hall–Kier alpha value is -3.55. The first-order chi connectivity index (χ1) is 16.0. The van der Waals surface area contributed by atoms with Crippen molar-refractivity contribution in [1.82, 2.24) is 9.97 Å². The first-order valence-corrected chi connectivity index (χ1v) is 10.9. The lowest BCUT2D eigenvalue weighted by Crippen LogP contribution is -2.23. The van der Waals surface area contributed by atoms with E-state index in [1.807, 2.05) is 30.3 Å². The van der Waals surface area contributed by atoms with E-state index in [4.69, 9.17) is 4.42 Å². The van der Waals surface area contributed by atoms with Crippen LogP contribution < -0.4 is 10.1 Å². The molecule has 0 aliphatic heterocycles. The van der Waals surface area contributed by atoms with Gasteiger partial charge < -0.3 is 14.5 Å². The molecule has 5 nitrogen and oxygen atoms in total. The molecule has 8 heteroatoms. The summed E-state index contributed by atoms with van der Waals surface area (Å²) in [5.74, 6) is 0.975. The standard InChI is InChI=1S/C25H22F3N3O2/c26-25(27,28)33-19-13-11-16(12-14-19)20-21-23(31-18-9-5-2-6-10-18)29-15-30-24(21)32-22(20)17-7-3-1-4-8-17/h1,3-4,7-8,11-15,18H,2,5-6,9-10H2,(H,29,30,31). The van der Waals surface area contributed by atoms with Crippen LogP contribution in [0.3, 0.4) is 0 Å². The summed E-state index contributed by atoms with van der Waals surface area (Å²) in [5.41, 5.74) is 2.68. The predicted molar refractivity (Wildman–Crippen MR) is 120 cm³/mol. The number of nitrogens with zero attached hydrogens (tertiary/aromatic N) is 2. The van der Waals surface area contributed by atoms with Crippen LogP contribution in [0, 0.1) is 0 Å². The molecule has 1 N–H and O–H groups in total. The zero-order chi connectivity index (χ0) is 22.8. The number of aromatic nitrogens is 2. The minimum atomic E-state index is -4.75. The largest absolute Gasteiger partial charge is 0.573 e. The van der Waals surface area contributed by atoms with E-state index in [0.29, 0.717) is 34.3 Å². The number of nitrogens with one attached hydrogen (secondary N) is 1. The van der Waals surface area contributed by atoms with Gasteiger partial charge in [-0.1, -0.05) is 61.7 Å². The molecule has 1 saturated carbocycles. The van der Waals surface area contributed by atoms with Gasteiger partial charge in [-0.05, 0) is 30.5 Å². The molecule has 2 aromatic carbocycles. The van der Waals surface area contributed by atoms with E-state index in [1.54, 1.807) is 12.1 Å². The van der Waals surface area contributed by atoms with Gasteiger partial charge in [0.05, 0.1) is 5.39 Å². The highest BCUT2D eigenvalue weighted by Gasteiger charge is 2.31. The summed E-state index contributed by atoms with van der Waals surface area (Å²) >= 11 is 0. The minimum Gasteiger partial charge on any atom is -0.437 e. The molecule has 1 aliphatic carbocycles. The third kappa shape index (κ3) is 4.65. The van der Waals surface area contributed by atoms with Crippen LogP contribution in [-0.4, -0.2) is 22.4 Å². The number of furan rings is 1. The van der Waals surface area contributed by atoms with Crippen LogP contribution in [0.15, 0.2) is 65.3 Å². The Morgan fingerprint density at radius 1 is 0.879 bits per heavy atom. The SMILES string of the molecule is FC(F)(F)Oc1ccc(-c2c(-c3ccccc3)oc3ncnc(NC4CCCCC4)c23)cc1. The van der Waals surface area contributed by atoms with Gasteiger partial charge in [-0.15, -0.1) is 13.2 Å². The fraction of sp³-hybridized carbons (Fsp3) is 0.280. The molecule has 0 atom stereocenters. The smallest absolute Gasteiger partial charge is 0.437 e. The maximum Gasteiger partial charge on any atom is 0.573 e. The number of alkyl halides is 3. The van der Waals surface area contributed by atoms with Crippen molar-refractivity contribution in [3.05, 3.63) is 60.9 Å². The molecule has 0 bridgehead atoms. The lowest BCUT2D eigenvalue weighted by Gasteiger charge is -2.23. The van der Waals surface area contributed by atoms with Gasteiger partial charge in [0.15, 0.2) is 0 Å². The van der Waals surface area contributed by atoms with Crippen LogP contribution in [-0.2, 0) is 0 Å². The fourth-order valence-electron chi connectivity index (χ4n) is 4.37. The molecule has 170 valence electrons. The number of hydrogen-bond acceptors (Lipinski definition) is 5. The molecular formula is C25H22F3N3O2. The molecule has 0 saturated heterocycles. The van der Waals surface area contributed by atoms with Gasteiger partial charge in [-0.25, -0.2) is 9.97 Å². The average molecular weight is 453 g/mol. The molecule has 4 aromatic rings. The molecular weight excluding hydrogens is 431 g/mol. The fourth-order valence-corrected chi connectivity index (χ4v) is 4.37. The van der Waals surface area contributed by atoms with Crippen molar-refractivity contribution in [2.24, 2.45) is 0 Å². The summed E-state index contributed by atoms with van der Waals surface area (Å²) in [6.45, 7) is 0. The predicted octanol–water partition coefficient (Wildman–Crippen LogP) is 7.20. The Labute approximate surface area is 188 Å². The van der Waals surface area contributed by atoms with E-state index in [1.165, 1.54) is 37.7 Å². The first kappa shape index (κ1) is 21.3. The van der Waals surface area contributed by atoms with Crippen LogP contribution in [0.2, 0.25) is 0 Å².